The lowest BCUT2D eigenvalue weighted by Gasteiger charge is -2.01. The lowest BCUT2D eigenvalue weighted by molar-refractivity contribution is 0.432. The minimum Gasteiger partial charge on any atom is -0.399 e. The molecule has 5 heteroatoms. The van der Waals surface area contributed by atoms with Gasteiger partial charge in [-0.1, -0.05) is 11.2 Å². The van der Waals surface area contributed by atoms with E-state index in [2.05, 4.69) is 15.1 Å². The minimum absolute atomic E-state index is 0.475. The van der Waals surface area contributed by atoms with Gasteiger partial charge in [0, 0.05) is 17.4 Å². The first-order valence-corrected chi connectivity index (χ1v) is 6.27. The van der Waals surface area contributed by atoms with Crippen LogP contribution in [0.15, 0.2) is 41.1 Å². The van der Waals surface area contributed by atoms with Crippen LogP contribution in [0.25, 0.3) is 23.0 Å². The molecule has 0 fully saturated rings. The van der Waals surface area contributed by atoms with Crippen molar-refractivity contribution in [1.82, 2.24) is 15.1 Å². The van der Waals surface area contributed by atoms with Crippen LogP contribution in [0.2, 0.25) is 0 Å². The van der Waals surface area contributed by atoms with Gasteiger partial charge in [0.25, 0.3) is 5.89 Å². The Morgan fingerprint density at radius 3 is 2.70 bits per heavy atom. The Balaban J connectivity index is 2.04. The molecule has 0 bridgehead atoms. The van der Waals surface area contributed by atoms with E-state index in [0.717, 1.165) is 22.4 Å². The fraction of sp³-hybridized carbons (Fsp3) is 0.133. The highest BCUT2D eigenvalue weighted by Gasteiger charge is 2.14. The molecule has 0 saturated heterocycles. The van der Waals surface area contributed by atoms with Crippen LogP contribution in [0.1, 0.15) is 11.1 Å². The summed E-state index contributed by atoms with van der Waals surface area (Å²) in [6.45, 7) is 3.93. The van der Waals surface area contributed by atoms with Crippen LogP contribution >= 0.6 is 0 Å². The summed E-state index contributed by atoms with van der Waals surface area (Å²) in [5.41, 5.74) is 10.1. The number of rotatable bonds is 2. The van der Waals surface area contributed by atoms with Gasteiger partial charge < -0.3 is 10.3 Å². The average molecular weight is 266 g/mol. The fourth-order valence-electron chi connectivity index (χ4n) is 2.08. The zero-order chi connectivity index (χ0) is 14.1. The normalized spacial score (nSPS) is 10.7. The number of benzene rings is 1. The SMILES string of the molecule is Cc1cc(N)ccc1-c1nc(-c2ncccc2C)no1. The molecule has 0 aliphatic heterocycles. The van der Waals surface area contributed by atoms with Crippen LogP contribution in [-0.2, 0) is 0 Å². The highest BCUT2D eigenvalue weighted by molar-refractivity contribution is 5.64. The topological polar surface area (TPSA) is 77.8 Å². The molecular weight excluding hydrogens is 252 g/mol. The highest BCUT2D eigenvalue weighted by Crippen LogP contribution is 2.26. The Hall–Kier alpha value is -2.69. The number of hydrogen-bond donors (Lipinski definition) is 1. The lowest BCUT2D eigenvalue weighted by Crippen LogP contribution is -1.90. The molecule has 3 rings (SSSR count). The minimum atomic E-state index is 0.475. The van der Waals surface area contributed by atoms with E-state index in [1.165, 1.54) is 0 Å². The maximum Gasteiger partial charge on any atom is 0.258 e. The van der Waals surface area contributed by atoms with Crippen molar-refractivity contribution >= 4 is 5.69 Å². The summed E-state index contributed by atoms with van der Waals surface area (Å²) in [5.74, 6) is 0.969. The Labute approximate surface area is 116 Å². The largest absolute Gasteiger partial charge is 0.399 e. The smallest absolute Gasteiger partial charge is 0.258 e. The summed E-state index contributed by atoms with van der Waals surface area (Å²) in [7, 11) is 0. The van der Waals surface area contributed by atoms with Gasteiger partial charge >= 0.3 is 0 Å². The number of hydrogen-bond acceptors (Lipinski definition) is 5. The second kappa shape index (κ2) is 4.77. The first-order chi connectivity index (χ1) is 9.65. The summed E-state index contributed by atoms with van der Waals surface area (Å²) in [5, 5.41) is 4.01. The van der Waals surface area contributed by atoms with Gasteiger partial charge in [-0.2, -0.15) is 4.98 Å². The molecule has 100 valence electrons. The Bertz CT molecular complexity index is 764. The highest BCUT2D eigenvalue weighted by atomic mass is 16.5. The third-order valence-electron chi connectivity index (χ3n) is 3.13. The molecule has 0 unspecified atom stereocenters. The summed E-state index contributed by atoms with van der Waals surface area (Å²) >= 11 is 0. The van der Waals surface area contributed by atoms with Crippen molar-refractivity contribution in [3.05, 3.63) is 47.7 Å². The van der Waals surface area contributed by atoms with Gasteiger partial charge in [-0.15, -0.1) is 0 Å². The second-order valence-electron chi connectivity index (χ2n) is 4.67. The van der Waals surface area contributed by atoms with Gasteiger partial charge in [-0.3, -0.25) is 4.98 Å². The number of nitrogen functional groups attached to an aromatic ring is 1. The molecule has 3 aromatic rings. The summed E-state index contributed by atoms with van der Waals surface area (Å²) in [6, 6.07) is 9.42. The number of aryl methyl sites for hydroxylation is 2. The molecule has 0 radical (unpaired) electrons. The summed E-state index contributed by atoms with van der Waals surface area (Å²) in [4.78, 5) is 8.71. The Morgan fingerprint density at radius 1 is 1.10 bits per heavy atom. The molecule has 0 aliphatic carbocycles. The Morgan fingerprint density at radius 2 is 1.95 bits per heavy atom. The van der Waals surface area contributed by atoms with Gasteiger partial charge in [-0.05, 0) is 49.2 Å². The molecule has 2 heterocycles. The average Bonchev–Trinajstić information content (AvgIpc) is 2.88. The van der Waals surface area contributed by atoms with Crippen LogP contribution in [-0.4, -0.2) is 15.1 Å². The fourth-order valence-corrected chi connectivity index (χ4v) is 2.08. The maximum absolute atomic E-state index is 5.75. The number of nitrogens with two attached hydrogens (primary N) is 1. The van der Waals surface area contributed by atoms with Crippen molar-refractivity contribution in [2.75, 3.05) is 5.73 Å². The van der Waals surface area contributed by atoms with Crippen molar-refractivity contribution in [2.45, 2.75) is 13.8 Å². The van der Waals surface area contributed by atoms with Crippen molar-refractivity contribution in [1.29, 1.82) is 0 Å². The van der Waals surface area contributed by atoms with Crippen LogP contribution in [0.4, 0.5) is 5.69 Å². The van der Waals surface area contributed by atoms with E-state index < -0.39 is 0 Å². The molecule has 1 aromatic carbocycles. The first-order valence-electron chi connectivity index (χ1n) is 6.27. The van der Waals surface area contributed by atoms with Gasteiger partial charge in [-0.25, -0.2) is 0 Å². The molecule has 20 heavy (non-hydrogen) atoms. The molecule has 0 spiro atoms. The maximum atomic E-state index is 5.75. The van der Waals surface area contributed by atoms with Crippen molar-refractivity contribution < 1.29 is 4.52 Å². The monoisotopic (exact) mass is 266 g/mol. The molecule has 0 saturated carbocycles. The van der Waals surface area contributed by atoms with E-state index >= 15 is 0 Å². The van der Waals surface area contributed by atoms with Gasteiger partial charge in [0.1, 0.15) is 5.69 Å². The quantitative estimate of drug-likeness (QED) is 0.721. The van der Waals surface area contributed by atoms with E-state index in [0.29, 0.717) is 17.4 Å². The van der Waals surface area contributed by atoms with E-state index in [1.807, 2.05) is 44.2 Å². The van der Waals surface area contributed by atoms with Crippen LogP contribution in [0.3, 0.4) is 0 Å². The van der Waals surface area contributed by atoms with Crippen molar-refractivity contribution in [2.24, 2.45) is 0 Å². The van der Waals surface area contributed by atoms with E-state index in [1.54, 1.807) is 6.20 Å². The van der Waals surface area contributed by atoms with Crippen LogP contribution in [0, 0.1) is 13.8 Å². The molecular formula is C15H14N4O. The molecule has 0 atom stereocenters. The van der Waals surface area contributed by atoms with Crippen LogP contribution in [0.5, 0.6) is 0 Å². The third kappa shape index (κ3) is 2.14. The van der Waals surface area contributed by atoms with Crippen molar-refractivity contribution in [3.63, 3.8) is 0 Å². The van der Waals surface area contributed by atoms with Crippen molar-refractivity contribution in [3.8, 4) is 23.0 Å². The first kappa shape index (κ1) is 12.3. The number of anilines is 1. The van der Waals surface area contributed by atoms with E-state index in [4.69, 9.17) is 10.3 Å². The van der Waals surface area contributed by atoms with Gasteiger partial charge in [0.15, 0.2) is 0 Å². The van der Waals surface area contributed by atoms with E-state index in [-0.39, 0.29) is 0 Å². The third-order valence-corrected chi connectivity index (χ3v) is 3.13. The van der Waals surface area contributed by atoms with Crippen LogP contribution < -0.4 is 5.73 Å². The van der Waals surface area contributed by atoms with E-state index in [9.17, 15) is 0 Å². The molecule has 0 aliphatic rings. The number of aromatic nitrogens is 3. The molecule has 2 N–H and O–H groups in total. The Kier molecular flexibility index (Phi) is 2.95. The molecule has 0 amide bonds. The van der Waals surface area contributed by atoms with Gasteiger partial charge in [0.05, 0.1) is 0 Å². The predicted octanol–water partition coefficient (Wildman–Crippen LogP) is 3.00. The zero-order valence-corrected chi connectivity index (χ0v) is 11.3. The summed E-state index contributed by atoms with van der Waals surface area (Å²) < 4.78 is 5.34. The molecule has 5 nitrogen and oxygen atoms in total. The standard InChI is InChI=1S/C15H14N4O/c1-9-4-3-7-17-13(9)14-18-15(20-19-14)12-6-5-11(16)8-10(12)2/h3-8H,16H2,1-2H3. The predicted molar refractivity (Wildman–Crippen MR) is 76.9 cm³/mol. The second-order valence-corrected chi connectivity index (χ2v) is 4.67. The zero-order valence-electron chi connectivity index (χ0n) is 11.3. The number of pyridine rings is 1. The summed E-state index contributed by atoms with van der Waals surface area (Å²) in [6.07, 6.45) is 1.72. The number of nitrogens with zero attached hydrogens (tertiary/aromatic N) is 3. The molecule has 2 aromatic heterocycles. The van der Waals surface area contributed by atoms with Gasteiger partial charge in [0.2, 0.25) is 5.82 Å². The lowest BCUT2D eigenvalue weighted by atomic mass is 10.1.